The molecule has 2 atom stereocenters. The maximum atomic E-state index is 11.4. The van der Waals surface area contributed by atoms with Crippen LogP contribution < -0.4 is 5.32 Å². The molecule has 1 fully saturated rings. The van der Waals surface area contributed by atoms with Gasteiger partial charge in [-0.25, -0.2) is 4.98 Å². The summed E-state index contributed by atoms with van der Waals surface area (Å²) in [6, 6.07) is 0.594. The minimum atomic E-state index is -0.785. The van der Waals surface area contributed by atoms with Crippen LogP contribution in [0.3, 0.4) is 0 Å². The van der Waals surface area contributed by atoms with Gasteiger partial charge in [-0.15, -0.1) is 0 Å². The van der Waals surface area contributed by atoms with Crippen LogP contribution in [0.1, 0.15) is 44.3 Å². The van der Waals surface area contributed by atoms with Crippen molar-refractivity contribution in [1.82, 2.24) is 9.55 Å². The summed E-state index contributed by atoms with van der Waals surface area (Å²) in [4.78, 5) is 4.54. The Kier molecular flexibility index (Phi) is 4.43. The quantitative estimate of drug-likeness (QED) is 0.893. The molecule has 1 heterocycles. The summed E-state index contributed by atoms with van der Waals surface area (Å²) in [5.41, 5.74) is 1.05. The van der Waals surface area contributed by atoms with E-state index in [1.807, 2.05) is 13.8 Å². The van der Waals surface area contributed by atoms with Gasteiger partial charge in [0, 0.05) is 41.1 Å². The second kappa shape index (κ2) is 5.87. The van der Waals surface area contributed by atoms with Gasteiger partial charge in [0.2, 0.25) is 5.95 Å². The van der Waals surface area contributed by atoms with Gasteiger partial charge in [-0.1, -0.05) is 12.8 Å². The van der Waals surface area contributed by atoms with E-state index in [2.05, 4.69) is 21.1 Å². The average Bonchev–Trinajstić information content (AvgIpc) is 2.94. The fraction of sp³-hybridized carbons (Fsp3) is 0.769. The molecule has 1 aromatic heterocycles. The van der Waals surface area contributed by atoms with Crippen LogP contribution in [0.2, 0.25) is 0 Å². The molecule has 0 radical (unpaired) electrons. The lowest BCUT2D eigenvalue weighted by atomic mass is 10.2. The zero-order chi connectivity index (χ0) is 13.1. The maximum absolute atomic E-state index is 11.4. The van der Waals surface area contributed by atoms with E-state index in [9.17, 15) is 4.21 Å². The van der Waals surface area contributed by atoms with E-state index in [-0.39, 0.29) is 5.25 Å². The number of hydrogen-bond donors (Lipinski definition) is 1. The number of nitrogens with one attached hydrogen (secondary N) is 1. The molecule has 1 aliphatic rings. The summed E-state index contributed by atoms with van der Waals surface area (Å²) in [7, 11) is -0.785. The SMILES string of the molecule is Cc1cn(C2CCCC2)c(NCC(C)S(C)=O)n1. The third kappa shape index (κ3) is 3.13. The first-order valence-electron chi connectivity index (χ1n) is 6.69. The minimum Gasteiger partial charge on any atom is -0.354 e. The summed E-state index contributed by atoms with van der Waals surface area (Å²) in [5.74, 6) is 0.941. The van der Waals surface area contributed by atoms with Crippen molar-refractivity contribution in [2.45, 2.75) is 50.8 Å². The topological polar surface area (TPSA) is 46.9 Å². The third-order valence-electron chi connectivity index (χ3n) is 3.69. The molecule has 0 saturated heterocycles. The van der Waals surface area contributed by atoms with Crippen molar-refractivity contribution in [3.63, 3.8) is 0 Å². The lowest BCUT2D eigenvalue weighted by molar-refractivity contribution is 0.522. The fourth-order valence-electron chi connectivity index (χ4n) is 2.46. The molecule has 0 bridgehead atoms. The van der Waals surface area contributed by atoms with Gasteiger partial charge in [-0.05, 0) is 26.7 Å². The van der Waals surface area contributed by atoms with Gasteiger partial charge in [0.25, 0.3) is 0 Å². The average molecular weight is 269 g/mol. The van der Waals surface area contributed by atoms with Crippen LogP contribution in [0.25, 0.3) is 0 Å². The van der Waals surface area contributed by atoms with E-state index >= 15 is 0 Å². The molecule has 0 spiro atoms. The van der Waals surface area contributed by atoms with Crippen molar-refractivity contribution in [2.24, 2.45) is 0 Å². The predicted octanol–water partition coefficient (Wildman–Crippen LogP) is 2.49. The van der Waals surface area contributed by atoms with E-state index in [0.29, 0.717) is 12.6 Å². The zero-order valence-corrected chi connectivity index (χ0v) is 12.3. The molecule has 4 nitrogen and oxygen atoms in total. The third-order valence-corrected chi connectivity index (χ3v) is 4.99. The second-order valence-corrected chi connectivity index (χ2v) is 7.04. The highest BCUT2D eigenvalue weighted by Gasteiger charge is 2.20. The Labute approximate surface area is 112 Å². The first kappa shape index (κ1) is 13.6. The van der Waals surface area contributed by atoms with Crippen molar-refractivity contribution in [2.75, 3.05) is 18.1 Å². The van der Waals surface area contributed by atoms with Gasteiger partial charge < -0.3 is 9.88 Å². The molecule has 1 aromatic rings. The Hall–Kier alpha value is -0.840. The largest absolute Gasteiger partial charge is 0.354 e. The number of aromatic nitrogens is 2. The smallest absolute Gasteiger partial charge is 0.203 e. The molecule has 1 N–H and O–H groups in total. The molecule has 2 unspecified atom stereocenters. The number of rotatable bonds is 5. The van der Waals surface area contributed by atoms with Crippen LogP contribution in [0, 0.1) is 6.92 Å². The Balaban J connectivity index is 2.05. The molecule has 102 valence electrons. The number of anilines is 1. The molecule has 1 aliphatic carbocycles. The molecule has 0 aromatic carbocycles. The summed E-state index contributed by atoms with van der Waals surface area (Å²) < 4.78 is 13.6. The van der Waals surface area contributed by atoms with E-state index in [0.717, 1.165) is 11.6 Å². The second-order valence-electron chi connectivity index (χ2n) is 5.24. The van der Waals surface area contributed by atoms with Crippen molar-refractivity contribution >= 4 is 16.7 Å². The molecule has 18 heavy (non-hydrogen) atoms. The molecule has 0 aliphatic heterocycles. The highest BCUT2D eigenvalue weighted by molar-refractivity contribution is 7.84. The van der Waals surface area contributed by atoms with Gasteiger partial charge in [-0.2, -0.15) is 0 Å². The van der Waals surface area contributed by atoms with E-state index in [1.54, 1.807) is 6.26 Å². The van der Waals surface area contributed by atoms with E-state index < -0.39 is 10.8 Å². The summed E-state index contributed by atoms with van der Waals surface area (Å²) >= 11 is 0. The first-order valence-corrected chi connectivity index (χ1v) is 8.31. The number of nitrogens with zero attached hydrogens (tertiary/aromatic N) is 2. The summed E-state index contributed by atoms with van der Waals surface area (Å²) in [6.45, 7) is 4.74. The molecular formula is C13H23N3OS. The highest BCUT2D eigenvalue weighted by atomic mass is 32.2. The number of hydrogen-bond acceptors (Lipinski definition) is 3. The summed E-state index contributed by atoms with van der Waals surface area (Å²) in [6.07, 6.45) is 9.01. The van der Waals surface area contributed by atoms with Gasteiger partial charge in [0.15, 0.2) is 0 Å². The van der Waals surface area contributed by atoms with Gasteiger partial charge in [0.05, 0.1) is 5.69 Å². The minimum absolute atomic E-state index is 0.152. The summed E-state index contributed by atoms with van der Waals surface area (Å²) in [5, 5.41) is 3.50. The number of imidazole rings is 1. The molecule has 1 saturated carbocycles. The standard InChI is InChI=1S/C13H23N3OS/c1-10-9-16(12-6-4-5-7-12)13(15-10)14-8-11(2)18(3)17/h9,11-12H,4-8H2,1-3H3,(H,14,15). The molecular weight excluding hydrogens is 246 g/mol. The lowest BCUT2D eigenvalue weighted by Crippen LogP contribution is -2.22. The molecule has 0 amide bonds. The van der Waals surface area contributed by atoms with Crippen LogP contribution in [0.4, 0.5) is 5.95 Å². The van der Waals surface area contributed by atoms with Gasteiger partial charge >= 0.3 is 0 Å². The van der Waals surface area contributed by atoms with Crippen LogP contribution in [-0.2, 0) is 10.8 Å². The normalized spacial score (nSPS) is 19.9. The van der Waals surface area contributed by atoms with Crippen LogP contribution in [0.5, 0.6) is 0 Å². The lowest BCUT2D eigenvalue weighted by Gasteiger charge is -2.17. The molecule has 2 rings (SSSR count). The van der Waals surface area contributed by atoms with Crippen molar-refractivity contribution in [3.8, 4) is 0 Å². The van der Waals surface area contributed by atoms with Crippen LogP contribution >= 0.6 is 0 Å². The van der Waals surface area contributed by atoms with Crippen molar-refractivity contribution in [1.29, 1.82) is 0 Å². The van der Waals surface area contributed by atoms with Crippen LogP contribution in [-0.4, -0.2) is 31.8 Å². The van der Waals surface area contributed by atoms with Crippen LogP contribution in [0.15, 0.2) is 6.20 Å². The van der Waals surface area contributed by atoms with E-state index in [4.69, 9.17) is 0 Å². The van der Waals surface area contributed by atoms with Gasteiger partial charge in [-0.3, -0.25) is 4.21 Å². The zero-order valence-electron chi connectivity index (χ0n) is 11.5. The Morgan fingerprint density at radius 3 is 2.83 bits per heavy atom. The Bertz CT molecular complexity index is 424. The van der Waals surface area contributed by atoms with E-state index in [1.165, 1.54) is 25.7 Å². The molecule has 5 heteroatoms. The highest BCUT2D eigenvalue weighted by Crippen LogP contribution is 2.32. The predicted molar refractivity (Wildman–Crippen MR) is 76.5 cm³/mol. The monoisotopic (exact) mass is 269 g/mol. The Morgan fingerprint density at radius 1 is 1.56 bits per heavy atom. The van der Waals surface area contributed by atoms with Crippen molar-refractivity contribution < 1.29 is 4.21 Å². The van der Waals surface area contributed by atoms with Gasteiger partial charge in [0.1, 0.15) is 0 Å². The Morgan fingerprint density at radius 2 is 2.22 bits per heavy atom. The number of aryl methyl sites for hydroxylation is 1. The fourth-order valence-corrected chi connectivity index (χ4v) is 2.78. The maximum Gasteiger partial charge on any atom is 0.203 e. The van der Waals surface area contributed by atoms with Crippen molar-refractivity contribution in [3.05, 3.63) is 11.9 Å². The first-order chi connectivity index (χ1) is 8.58.